The Bertz CT molecular complexity index is 279. The van der Waals surface area contributed by atoms with Crippen molar-refractivity contribution in [3.05, 3.63) is 0 Å². The molecule has 2 atom stereocenters. The third-order valence-electron chi connectivity index (χ3n) is 3.49. The van der Waals surface area contributed by atoms with Crippen molar-refractivity contribution in [2.24, 2.45) is 0 Å². The van der Waals surface area contributed by atoms with E-state index in [1.165, 1.54) is 0 Å². The minimum absolute atomic E-state index is 0.159. The van der Waals surface area contributed by atoms with E-state index in [0.29, 0.717) is 12.5 Å². The maximum atomic E-state index is 11.6. The number of carbonyl (C=O) groups is 1. The summed E-state index contributed by atoms with van der Waals surface area (Å²) in [5.74, 6) is -0.770. The first kappa shape index (κ1) is 18.4. The molecule has 0 heterocycles. The lowest BCUT2D eigenvalue weighted by Crippen LogP contribution is -2.56. The first-order chi connectivity index (χ1) is 8.64. The summed E-state index contributed by atoms with van der Waals surface area (Å²) in [6.45, 7) is 15.4. The number of carboxylic acids is 1. The van der Waals surface area contributed by atoms with Crippen LogP contribution in [0.3, 0.4) is 0 Å². The first-order valence-corrected chi connectivity index (χ1v) is 7.40. The van der Waals surface area contributed by atoms with Crippen molar-refractivity contribution < 1.29 is 9.90 Å². The van der Waals surface area contributed by atoms with Crippen molar-refractivity contribution in [1.29, 1.82) is 0 Å². The van der Waals surface area contributed by atoms with Crippen LogP contribution in [0.15, 0.2) is 0 Å². The number of nitrogens with zero attached hydrogens (tertiary/aromatic N) is 1. The molecule has 0 aliphatic rings. The van der Waals surface area contributed by atoms with E-state index in [0.717, 1.165) is 13.0 Å². The Hall–Kier alpha value is -0.610. The van der Waals surface area contributed by atoms with Crippen LogP contribution in [0.4, 0.5) is 0 Å². The van der Waals surface area contributed by atoms with Crippen LogP contribution in [0, 0.1) is 0 Å². The SMILES string of the molecule is CCCN(C(C)C)C(C)CC(C)(NC(C)C)C(=O)O. The Morgan fingerprint density at radius 2 is 1.79 bits per heavy atom. The second-order valence-corrected chi connectivity index (χ2v) is 6.32. The normalized spacial score (nSPS) is 16.9. The topological polar surface area (TPSA) is 52.6 Å². The van der Waals surface area contributed by atoms with Gasteiger partial charge in [-0.1, -0.05) is 6.92 Å². The minimum atomic E-state index is -0.867. The number of carboxylic acid groups (broad SMARTS) is 1. The number of hydrogen-bond acceptors (Lipinski definition) is 3. The molecular weight excluding hydrogens is 240 g/mol. The lowest BCUT2D eigenvalue weighted by Gasteiger charge is -2.38. The highest BCUT2D eigenvalue weighted by atomic mass is 16.4. The third kappa shape index (κ3) is 5.91. The van der Waals surface area contributed by atoms with E-state index in [4.69, 9.17) is 0 Å². The Morgan fingerprint density at radius 3 is 2.11 bits per heavy atom. The Balaban J connectivity index is 4.87. The fraction of sp³-hybridized carbons (Fsp3) is 0.933. The van der Waals surface area contributed by atoms with Crippen LogP contribution in [0.2, 0.25) is 0 Å². The summed E-state index contributed by atoms with van der Waals surface area (Å²) in [5, 5.41) is 12.7. The highest BCUT2D eigenvalue weighted by Gasteiger charge is 2.36. The van der Waals surface area contributed by atoms with Gasteiger partial charge >= 0.3 is 5.97 Å². The average Bonchev–Trinajstić information content (AvgIpc) is 2.23. The molecule has 0 aliphatic carbocycles. The van der Waals surface area contributed by atoms with Crippen LogP contribution < -0.4 is 5.32 Å². The summed E-state index contributed by atoms with van der Waals surface area (Å²) < 4.78 is 0. The van der Waals surface area contributed by atoms with Crippen molar-refractivity contribution in [3.63, 3.8) is 0 Å². The van der Waals surface area contributed by atoms with Crippen molar-refractivity contribution in [2.45, 2.75) is 85.0 Å². The minimum Gasteiger partial charge on any atom is -0.480 e. The molecule has 0 rings (SSSR count). The fourth-order valence-electron chi connectivity index (χ4n) is 2.80. The predicted octanol–water partition coefficient (Wildman–Crippen LogP) is 2.73. The summed E-state index contributed by atoms with van der Waals surface area (Å²) in [4.78, 5) is 13.9. The molecule has 0 aromatic heterocycles. The second kappa shape index (κ2) is 7.85. The maximum absolute atomic E-state index is 11.6. The molecule has 0 amide bonds. The number of hydrogen-bond donors (Lipinski definition) is 2. The molecule has 2 unspecified atom stereocenters. The standard InChI is InChI=1S/C15H32N2O2/c1-8-9-17(12(4)5)13(6)10-15(7,14(18)19)16-11(2)3/h11-13,16H,8-10H2,1-7H3,(H,18,19). The highest BCUT2D eigenvalue weighted by Crippen LogP contribution is 2.19. The Morgan fingerprint density at radius 1 is 1.26 bits per heavy atom. The molecule has 0 spiro atoms. The van der Waals surface area contributed by atoms with Gasteiger partial charge in [0.2, 0.25) is 0 Å². The highest BCUT2D eigenvalue weighted by molar-refractivity contribution is 5.78. The van der Waals surface area contributed by atoms with Crippen LogP contribution in [-0.4, -0.2) is 46.2 Å². The van der Waals surface area contributed by atoms with Gasteiger partial charge in [0.15, 0.2) is 0 Å². The van der Waals surface area contributed by atoms with Crippen LogP contribution >= 0.6 is 0 Å². The molecule has 2 N–H and O–H groups in total. The van der Waals surface area contributed by atoms with Crippen molar-refractivity contribution in [1.82, 2.24) is 10.2 Å². The van der Waals surface area contributed by atoms with Gasteiger partial charge in [-0.25, -0.2) is 0 Å². The van der Waals surface area contributed by atoms with Gasteiger partial charge in [-0.15, -0.1) is 0 Å². The van der Waals surface area contributed by atoms with E-state index < -0.39 is 11.5 Å². The van der Waals surface area contributed by atoms with Crippen LogP contribution in [0.5, 0.6) is 0 Å². The van der Waals surface area contributed by atoms with Crippen molar-refractivity contribution in [2.75, 3.05) is 6.54 Å². The quantitative estimate of drug-likeness (QED) is 0.677. The summed E-state index contributed by atoms with van der Waals surface area (Å²) in [6.07, 6.45) is 1.70. The summed E-state index contributed by atoms with van der Waals surface area (Å²) in [7, 11) is 0. The van der Waals surface area contributed by atoms with E-state index in [-0.39, 0.29) is 12.1 Å². The van der Waals surface area contributed by atoms with Gasteiger partial charge < -0.3 is 5.11 Å². The largest absolute Gasteiger partial charge is 0.480 e. The van der Waals surface area contributed by atoms with Gasteiger partial charge in [0.1, 0.15) is 5.54 Å². The number of nitrogens with one attached hydrogen (secondary N) is 1. The molecule has 0 aromatic carbocycles. The molecule has 0 radical (unpaired) electrons. The van der Waals surface area contributed by atoms with Gasteiger partial charge in [-0.3, -0.25) is 15.0 Å². The van der Waals surface area contributed by atoms with Crippen LogP contribution in [0.1, 0.15) is 61.3 Å². The summed E-state index contributed by atoms with van der Waals surface area (Å²) in [6, 6.07) is 0.839. The lowest BCUT2D eigenvalue weighted by atomic mass is 9.91. The van der Waals surface area contributed by atoms with E-state index in [1.807, 2.05) is 13.8 Å². The molecule has 114 valence electrons. The molecule has 0 saturated carbocycles. The monoisotopic (exact) mass is 272 g/mol. The van der Waals surface area contributed by atoms with E-state index in [9.17, 15) is 9.90 Å². The van der Waals surface area contributed by atoms with Crippen molar-refractivity contribution in [3.8, 4) is 0 Å². The average molecular weight is 272 g/mol. The molecule has 0 bridgehead atoms. The van der Waals surface area contributed by atoms with Gasteiger partial charge in [-0.2, -0.15) is 0 Å². The van der Waals surface area contributed by atoms with Crippen LogP contribution in [-0.2, 0) is 4.79 Å². The van der Waals surface area contributed by atoms with E-state index in [2.05, 4.69) is 37.9 Å². The molecule has 19 heavy (non-hydrogen) atoms. The molecule has 0 aromatic rings. The molecule has 0 saturated heterocycles. The zero-order valence-electron chi connectivity index (χ0n) is 13.7. The smallest absolute Gasteiger partial charge is 0.323 e. The lowest BCUT2D eigenvalue weighted by molar-refractivity contribution is -0.145. The maximum Gasteiger partial charge on any atom is 0.323 e. The molecular formula is C15H32N2O2. The number of rotatable bonds is 9. The summed E-state index contributed by atoms with van der Waals surface area (Å²) in [5.41, 5.74) is -0.867. The van der Waals surface area contributed by atoms with Gasteiger partial charge in [-0.05, 0) is 60.9 Å². The van der Waals surface area contributed by atoms with Crippen LogP contribution in [0.25, 0.3) is 0 Å². The van der Waals surface area contributed by atoms with Gasteiger partial charge in [0.25, 0.3) is 0 Å². The Labute approximate surface area is 118 Å². The number of aliphatic carboxylic acids is 1. The molecule has 4 nitrogen and oxygen atoms in total. The second-order valence-electron chi connectivity index (χ2n) is 6.32. The van der Waals surface area contributed by atoms with E-state index >= 15 is 0 Å². The molecule has 0 fully saturated rings. The fourth-order valence-corrected chi connectivity index (χ4v) is 2.80. The zero-order valence-corrected chi connectivity index (χ0v) is 13.7. The third-order valence-corrected chi connectivity index (χ3v) is 3.49. The molecule has 4 heteroatoms. The Kier molecular flexibility index (Phi) is 7.60. The zero-order chi connectivity index (χ0) is 15.2. The van der Waals surface area contributed by atoms with E-state index in [1.54, 1.807) is 6.92 Å². The van der Waals surface area contributed by atoms with Gasteiger partial charge in [0, 0.05) is 18.1 Å². The first-order valence-electron chi connectivity index (χ1n) is 7.40. The predicted molar refractivity (Wildman–Crippen MR) is 80.5 cm³/mol. The molecule has 0 aliphatic heterocycles. The summed E-state index contributed by atoms with van der Waals surface area (Å²) >= 11 is 0. The van der Waals surface area contributed by atoms with Gasteiger partial charge in [0.05, 0.1) is 0 Å². The van der Waals surface area contributed by atoms with Crippen molar-refractivity contribution >= 4 is 5.97 Å².